The van der Waals surface area contributed by atoms with Gasteiger partial charge in [-0.25, -0.2) is 4.79 Å². The molecule has 1 aliphatic heterocycles. The van der Waals surface area contributed by atoms with E-state index in [-0.39, 0.29) is 38.1 Å². The molecule has 0 aromatic heterocycles. The number of carboxylic acid groups (broad SMARTS) is 2. The first-order valence-corrected chi connectivity index (χ1v) is 14.7. The number of rotatable bonds is 15. The molecule has 3 rings (SSSR count). The van der Waals surface area contributed by atoms with Crippen molar-refractivity contribution in [3.05, 3.63) is 71.8 Å². The first kappa shape index (κ1) is 33.8. The SMILES string of the molecule is CC(C)C[C@H](NC(=O)Cc1ccccc1)C(=O)N[C@@H](CC(=O)O)C(=O)N[C@@H](Cc1ccccc1)C(=O)N1CCC[C@H]1C(=O)O. The minimum atomic E-state index is -1.57. The van der Waals surface area contributed by atoms with Gasteiger partial charge < -0.3 is 31.1 Å². The highest BCUT2D eigenvalue weighted by Gasteiger charge is 2.39. The van der Waals surface area contributed by atoms with Crippen LogP contribution in [0.15, 0.2) is 60.7 Å². The Morgan fingerprint density at radius 1 is 0.795 bits per heavy atom. The minimum absolute atomic E-state index is 0.0213. The molecule has 0 bridgehead atoms. The van der Waals surface area contributed by atoms with E-state index in [1.54, 1.807) is 54.6 Å². The Labute approximate surface area is 256 Å². The maximum absolute atomic E-state index is 13.6. The highest BCUT2D eigenvalue weighted by Crippen LogP contribution is 2.20. The third kappa shape index (κ3) is 10.2. The highest BCUT2D eigenvalue weighted by molar-refractivity contribution is 5.96. The van der Waals surface area contributed by atoms with Crippen LogP contribution in [0.3, 0.4) is 0 Å². The molecule has 5 N–H and O–H groups in total. The molecule has 1 heterocycles. The van der Waals surface area contributed by atoms with E-state index in [1.807, 2.05) is 19.9 Å². The van der Waals surface area contributed by atoms with Gasteiger partial charge in [0, 0.05) is 13.0 Å². The van der Waals surface area contributed by atoms with Crippen molar-refractivity contribution < 1.29 is 39.0 Å². The number of nitrogens with zero attached hydrogens (tertiary/aromatic N) is 1. The second kappa shape index (κ2) is 16.2. The molecule has 236 valence electrons. The molecule has 2 aromatic rings. The number of aliphatic carboxylic acids is 2. The number of amides is 4. The van der Waals surface area contributed by atoms with Gasteiger partial charge in [-0.05, 0) is 36.3 Å². The van der Waals surface area contributed by atoms with Gasteiger partial charge in [-0.3, -0.25) is 24.0 Å². The van der Waals surface area contributed by atoms with Gasteiger partial charge in [0.05, 0.1) is 12.8 Å². The molecule has 0 saturated carbocycles. The lowest BCUT2D eigenvalue weighted by molar-refractivity contribution is -0.149. The van der Waals surface area contributed by atoms with Crippen LogP contribution in [0, 0.1) is 5.92 Å². The number of hydrogen-bond donors (Lipinski definition) is 5. The van der Waals surface area contributed by atoms with Gasteiger partial charge in [0.1, 0.15) is 24.2 Å². The summed E-state index contributed by atoms with van der Waals surface area (Å²) < 4.78 is 0. The molecule has 2 aromatic carbocycles. The quantitative estimate of drug-likeness (QED) is 0.202. The van der Waals surface area contributed by atoms with Crippen LogP contribution < -0.4 is 16.0 Å². The zero-order valence-corrected chi connectivity index (χ0v) is 24.9. The molecule has 1 aliphatic rings. The van der Waals surface area contributed by atoms with Crippen LogP contribution in [0.1, 0.15) is 50.7 Å². The van der Waals surface area contributed by atoms with Crippen molar-refractivity contribution in [2.45, 2.75) is 76.5 Å². The van der Waals surface area contributed by atoms with Crippen LogP contribution in [0.4, 0.5) is 0 Å². The summed E-state index contributed by atoms with van der Waals surface area (Å²) in [6.07, 6.45) is 0.260. The predicted molar refractivity (Wildman–Crippen MR) is 160 cm³/mol. The zero-order valence-electron chi connectivity index (χ0n) is 24.9. The van der Waals surface area contributed by atoms with E-state index in [0.717, 1.165) is 5.56 Å². The average Bonchev–Trinajstić information content (AvgIpc) is 3.47. The Bertz CT molecular complexity index is 1320. The van der Waals surface area contributed by atoms with Crippen molar-refractivity contribution in [3.8, 4) is 0 Å². The third-order valence-electron chi connectivity index (χ3n) is 7.30. The van der Waals surface area contributed by atoms with E-state index in [1.165, 1.54) is 4.90 Å². The van der Waals surface area contributed by atoms with Crippen molar-refractivity contribution >= 4 is 35.6 Å². The van der Waals surface area contributed by atoms with E-state index in [2.05, 4.69) is 16.0 Å². The second-order valence-electron chi connectivity index (χ2n) is 11.3. The smallest absolute Gasteiger partial charge is 0.326 e. The molecular weight excluding hydrogens is 568 g/mol. The Balaban J connectivity index is 1.79. The summed E-state index contributed by atoms with van der Waals surface area (Å²) in [7, 11) is 0. The fraction of sp³-hybridized carbons (Fsp3) is 0.438. The Kier molecular flexibility index (Phi) is 12.4. The topological polar surface area (TPSA) is 182 Å². The standard InChI is InChI=1S/C32H40N4O8/c1-20(2)16-23(33-27(37)18-22-12-7-4-8-13-22)29(40)34-24(19-28(38)39)30(41)35-25(17-21-10-5-3-6-11-21)31(42)36-15-9-14-26(36)32(43)44/h3-8,10-13,20,23-26H,9,14-19H2,1-2H3,(H,33,37)(H,34,40)(H,35,41)(H,38,39)(H,43,44)/t23-,24-,25-,26-/m0/s1. The van der Waals surface area contributed by atoms with Gasteiger partial charge in [0.15, 0.2) is 0 Å². The van der Waals surface area contributed by atoms with Gasteiger partial charge in [-0.1, -0.05) is 74.5 Å². The van der Waals surface area contributed by atoms with Crippen molar-refractivity contribution in [3.63, 3.8) is 0 Å². The molecule has 12 nitrogen and oxygen atoms in total. The van der Waals surface area contributed by atoms with Crippen molar-refractivity contribution in [1.82, 2.24) is 20.9 Å². The molecule has 0 aliphatic carbocycles. The van der Waals surface area contributed by atoms with E-state index < -0.39 is 66.2 Å². The average molecular weight is 609 g/mol. The van der Waals surface area contributed by atoms with Crippen molar-refractivity contribution in [2.75, 3.05) is 6.54 Å². The predicted octanol–water partition coefficient (Wildman–Crippen LogP) is 1.52. The lowest BCUT2D eigenvalue weighted by Gasteiger charge is -2.29. The Morgan fingerprint density at radius 2 is 1.36 bits per heavy atom. The number of carboxylic acids is 2. The van der Waals surface area contributed by atoms with Gasteiger partial charge in [-0.2, -0.15) is 0 Å². The molecule has 0 unspecified atom stereocenters. The summed E-state index contributed by atoms with van der Waals surface area (Å²) in [4.78, 5) is 77.9. The summed E-state index contributed by atoms with van der Waals surface area (Å²) in [5.41, 5.74) is 1.43. The van der Waals surface area contributed by atoms with Gasteiger partial charge in [0.2, 0.25) is 23.6 Å². The molecule has 0 radical (unpaired) electrons. The summed E-state index contributed by atoms with van der Waals surface area (Å²) in [5, 5.41) is 26.9. The van der Waals surface area contributed by atoms with Crippen LogP contribution >= 0.6 is 0 Å². The van der Waals surface area contributed by atoms with Crippen LogP contribution in [-0.2, 0) is 41.6 Å². The van der Waals surface area contributed by atoms with Gasteiger partial charge in [-0.15, -0.1) is 0 Å². The summed E-state index contributed by atoms with van der Waals surface area (Å²) in [5.74, 6) is -5.22. The summed E-state index contributed by atoms with van der Waals surface area (Å²) in [6.45, 7) is 3.91. The molecule has 0 spiro atoms. The maximum atomic E-state index is 13.6. The fourth-order valence-electron chi connectivity index (χ4n) is 5.20. The molecule has 1 fully saturated rings. The van der Waals surface area contributed by atoms with E-state index in [4.69, 9.17) is 0 Å². The summed E-state index contributed by atoms with van der Waals surface area (Å²) in [6, 6.07) is 12.9. The number of benzene rings is 2. The first-order valence-electron chi connectivity index (χ1n) is 14.7. The largest absolute Gasteiger partial charge is 0.481 e. The lowest BCUT2D eigenvalue weighted by Crippen LogP contribution is -2.58. The number of likely N-dealkylation sites (tertiary alicyclic amines) is 1. The first-order chi connectivity index (χ1) is 20.9. The van der Waals surface area contributed by atoms with Crippen molar-refractivity contribution in [2.24, 2.45) is 5.92 Å². The van der Waals surface area contributed by atoms with Crippen molar-refractivity contribution in [1.29, 1.82) is 0 Å². The minimum Gasteiger partial charge on any atom is -0.481 e. The molecule has 4 amide bonds. The number of carbonyl (C=O) groups is 6. The number of hydrogen-bond acceptors (Lipinski definition) is 6. The molecule has 12 heteroatoms. The maximum Gasteiger partial charge on any atom is 0.326 e. The number of nitrogens with one attached hydrogen (secondary N) is 3. The van der Waals surface area contributed by atoms with Crippen LogP contribution in [0.2, 0.25) is 0 Å². The molecule has 44 heavy (non-hydrogen) atoms. The van der Waals surface area contributed by atoms with E-state index >= 15 is 0 Å². The molecular formula is C32H40N4O8. The highest BCUT2D eigenvalue weighted by atomic mass is 16.4. The molecule has 1 saturated heterocycles. The lowest BCUT2D eigenvalue weighted by atomic mass is 10.0. The zero-order chi connectivity index (χ0) is 32.2. The van der Waals surface area contributed by atoms with Crippen LogP contribution in [-0.4, -0.2) is 81.4 Å². The normalized spacial score (nSPS) is 16.4. The van der Waals surface area contributed by atoms with Gasteiger partial charge >= 0.3 is 11.9 Å². The van der Waals surface area contributed by atoms with Crippen LogP contribution in [0.5, 0.6) is 0 Å². The van der Waals surface area contributed by atoms with Crippen LogP contribution in [0.25, 0.3) is 0 Å². The number of carbonyl (C=O) groups excluding carboxylic acids is 4. The third-order valence-corrected chi connectivity index (χ3v) is 7.30. The molecule has 4 atom stereocenters. The van der Waals surface area contributed by atoms with E-state index in [0.29, 0.717) is 12.0 Å². The Morgan fingerprint density at radius 3 is 1.93 bits per heavy atom. The fourth-order valence-corrected chi connectivity index (χ4v) is 5.20. The summed E-state index contributed by atoms with van der Waals surface area (Å²) >= 11 is 0. The monoisotopic (exact) mass is 608 g/mol. The second-order valence-corrected chi connectivity index (χ2v) is 11.3. The Hall–Kier alpha value is -4.74. The van der Waals surface area contributed by atoms with E-state index in [9.17, 15) is 39.0 Å². The van der Waals surface area contributed by atoms with Gasteiger partial charge in [0.25, 0.3) is 0 Å².